The Hall–Kier alpha value is -1.73. The van der Waals surface area contributed by atoms with Gasteiger partial charge in [-0.05, 0) is 25.2 Å². The van der Waals surface area contributed by atoms with Crippen molar-refractivity contribution >= 4 is 11.6 Å². The van der Waals surface area contributed by atoms with E-state index in [0.29, 0.717) is 24.0 Å². The first-order valence-corrected chi connectivity index (χ1v) is 8.36. The summed E-state index contributed by atoms with van der Waals surface area (Å²) in [6.07, 6.45) is 6.96. The molecule has 124 valence electrons. The minimum absolute atomic E-state index is 0.179. The molecular weight excluding hydrogens is 318 g/mol. The molecule has 0 N–H and O–H groups in total. The van der Waals surface area contributed by atoms with E-state index < -0.39 is 0 Å². The van der Waals surface area contributed by atoms with Gasteiger partial charge in [0.1, 0.15) is 18.9 Å². The van der Waals surface area contributed by atoms with Gasteiger partial charge in [-0.15, -0.1) is 11.6 Å². The molecule has 0 aliphatic carbocycles. The highest BCUT2D eigenvalue weighted by molar-refractivity contribution is 6.18. The van der Waals surface area contributed by atoms with E-state index in [4.69, 9.17) is 16.3 Å². The first-order chi connectivity index (χ1) is 11.1. The van der Waals surface area contributed by atoms with Crippen molar-refractivity contribution in [3.05, 3.63) is 34.9 Å². The van der Waals surface area contributed by atoms with Crippen LogP contribution < -0.4 is 5.69 Å². The van der Waals surface area contributed by atoms with E-state index in [-0.39, 0.29) is 18.0 Å². The fourth-order valence-corrected chi connectivity index (χ4v) is 3.24. The molecule has 2 aromatic heterocycles. The van der Waals surface area contributed by atoms with Crippen LogP contribution in [-0.4, -0.2) is 36.3 Å². The highest BCUT2D eigenvalue weighted by Crippen LogP contribution is 2.34. The predicted octanol–water partition coefficient (Wildman–Crippen LogP) is 1.94. The van der Waals surface area contributed by atoms with E-state index in [9.17, 15) is 4.79 Å². The molecule has 1 saturated heterocycles. The van der Waals surface area contributed by atoms with E-state index in [0.717, 1.165) is 18.4 Å². The minimum Gasteiger partial charge on any atom is -0.354 e. The van der Waals surface area contributed by atoms with Gasteiger partial charge in [0.05, 0.1) is 6.10 Å². The van der Waals surface area contributed by atoms with Crippen LogP contribution in [0.15, 0.2) is 23.6 Å². The molecular formula is C15H20ClN5O2. The highest BCUT2D eigenvalue weighted by atomic mass is 35.5. The van der Waals surface area contributed by atoms with Crippen LogP contribution in [0.3, 0.4) is 0 Å². The Balaban J connectivity index is 1.99. The van der Waals surface area contributed by atoms with E-state index in [1.54, 1.807) is 10.8 Å². The summed E-state index contributed by atoms with van der Waals surface area (Å²) in [7, 11) is 0. The smallest absolute Gasteiger partial charge is 0.351 e. The lowest BCUT2D eigenvalue weighted by Crippen LogP contribution is -2.29. The molecule has 0 aromatic carbocycles. The van der Waals surface area contributed by atoms with Crippen molar-refractivity contribution in [1.82, 2.24) is 24.3 Å². The maximum Gasteiger partial charge on any atom is 0.351 e. The monoisotopic (exact) mass is 337 g/mol. The normalized spacial score (nSPS) is 24.2. The summed E-state index contributed by atoms with van der Waals surface area (Å²) >= 11 is 5.90. The molecule has 3 rings (SSSR count). The first-order valence-electron chi connectivity index (χ1n) is 7.82. The summed E-state index contributed by atoms with van der Waals surface area (Å²) in [5.74, 6) is 1.33. The van der Waals surface area contributed by atoms with E-state index in [1.165, 1.54) is 17.3 Å². The third kappa shape index (κ3) is 3.16. The molecule has 0 bridgehead atoms. The van der Waals surface area contributed by atoms with E-state index in [2.05, 4.69) is 28.9 Å². The Bertz CT molecular complexity index is 715. The fraction of sp³-hybridized carbons (Fsp3) is 0.600. The second-order valence-electron chi connectivity index (χ2n) is 5.81. The van der Waals surface area contributed by atoms with Crippen molar-refractivity contribution < 1.29 is 4.74 Å². The molecule has 1 aliphatic heterocycles. The van der Waals surface area contributed by atoms with Crippen molar-refractivity contribution in [1.29, 1.82) is 0 Å². The van der Waals surface area contributed by atoms with Gasteiger partial charge in [-0.25, -0.2) is 14.5 Å². The standard InChI is InChI=1S/C15H20ClN5O2/c1-3-12-10(2)6-13(23-12)20-7-11(4-5-16)14(19-15(20)22)21-9-17-8-18-21/h7-10,12-13H,3-6H2,1-2H3. The van der Waals surface area contributed by atoms with Gasteiger partial charge in [0, 0.05) is 17.6 Å². The maximum absolute atomic E-state index is 12.5. The zero-order valence-corrected chi connectivity index (χ0v) is 14.0. The van der Waals surface area contributed by atoms with Crippen molar-refractivity contribution in [3.8, 4) is 5.82 Å². The van der Waals surface area contributed by atoms with Crippen LogP contribution in [0.1, 0.15) is 38.5 Å². The van der Waals surface area contributed by atoms with Gasteiger partial charge in [0.15, 0.2) is 5.82 Å². The van der Waals surface area contributed by atoms with Crippen LogP contribution >= 0.6 is 11.6 Å². The number of nitrogens with zero attached hydrogens (tertiary/aromatic N) is 5. The minimum atomic E-state index is -0.345. The topological polar surface area (TPSA) is 74.8 Å². The Morgan fingerprint density at radius 1 is 1.48 bits per heavy atom. The van der Waals surface area contributed by atoms with Crippen LogP contribution in [0.5, 0.6) is 0 Å². The molecule has 1 fully saturated rings. The number of ether oxygens (including phenoxy) is 1. The van der Waals surface area contributed by atoms with Gasteiger partial charge < -0.3 is 4.74 Å². The quantitative estimate of drug-likeness (QED) is 0.779. The molecule has 3 unspecified atom stereocenters. The summed E-state index contributed by atoms with van der Waals surface area (Å²) in [4.78, 5) is 20.5. The van der Waals surface area contributed by atoms with Crippen LogP contribution in [0.25, 0.3) is 5.82 Å². The molecule has 0 saturated carbocycles. The van der Waals surface area contributed by atoms with Gasteiger partial charge in [-0.1, -0.05) is 13.8 Å². The SMILES string of the molecule is CCC1OC(n2cc(CCCl)c(-n3cncn3)nc2=O)CC1C. The second-order valence-corrected chi connectivity index (χ2v) is 6.19. The molecule has 1 aliphatic rings. The molecule has 0 amide bonds. The molecule has 7 nitrogen and oxygen atoms in total. The van der Waals surface area contributed by atoms with Gasteiger partial charge in [-0.3, -0.25) is 4.57 Å². The van der Waals surface area contributed by atoms with Gasteiger partial charge in [-0.2, -0.15) is 10.1 Å². The average Bonchev–Trinajstić information content (AvgIpc) is 3.18. The van der Waals surface area contributed by atoms with E-state index in [1.807, 2.05) is 0 Å². The molecule has 23 heavy (non-hydrogen) atoms. The van der Waals surface area contributed by atoms with Gasteiger partial charge in [0.25, 0.3) is 0 Å². The zero-order chi connectivity index (χ0) is 16.4. The lowest BCUT2D eigenvalue weighted by atomic mass is 10.0. The zero-order valence-electron chi connectivity index (χ0n) is 13.2. The van der Waals surface area contributed by atoms with Crippen molar-refractivity contribution in [2.45, 2.75) is 45.4 Å². The first kappa shape index (κ1) is 16.1. The molecule has 0 radical (unpaired) electrons. The van der Waals surface area contributed by atoms with Crippen LogP contribution in [-0.2, 0) is 11.2 Å². The fourth-order valence-electron chi connectivity index (χ4n) is 3.04. The summed E-state index contributed by atoms with van der Waals surface area (Å²) < 4.78 is 9.07. The largest absolute Gasteiger partial charge is 0.354 e. The van der Waals surface area contributed by atoms with Crippen LogP contribution in [0.4, 0.5) is 0 Å². The van der Waals surface area contributed by atoms with E-state index >= 15 is 0 Å². The molecule has 3 heterocycles. The maximum atomic E-state index is 12.5. The number of halogens is 1. The lowest BCUT2D eigenvalue weighted by Gasteiger charge is -2.17. The number of alkyl halides is 1. The molecule has 3 atom stereocenters. The lowest BCUT2D eigenvalue weighted by molar-refractivity contribution is -0.00765. The number of hydrogen-bond acceptors (Lipinski definition) is 5. The Morgan fingerprint density at radius 3 is 2.91 bits per heavy atom. The summed E-state index contributed by atoms with van der Waals surface area (Å²) in [6.45, 7) is 4.24. The van der Waals surface area contributed by atoms with Crippen molar-refractivity contribution in [2.24, 2.45) is 5.92 Å². The number of aryl methyl sites for hydroxylation is 1. The van der Waals surface area contributed by atoms with Crippen molar-refractivity contribution in [2.75, 3.05) is 5.88 Å². The van der Waals surface area contributed by atoms with Crippen molar-refractivity contribution in [3.63, 3.8) is 0 Å². The summed E-state index contributed by atoms with van der Waals surface area (Å²) in [5, 5.41) is 4.06. The third-order valence-corrected chi connectivity index (χ3v) is 4.45. The third-order valence-electron chi connectivity index (χ3n) is 4.26. The average molecular weight is 338 g/mol. The van der Waals surface area contributed by atoms with Crippen LogP contribution in [0.2, 0.25) is 0 Å². The number of rotatable bonds is 5. The highest BCUT2D eigenvalue weighted by Gasteiger charge is 2.33. The summed E-state index contributed by atoms with van der Waals surface area (Å²) in [5.41, 5.74) is 0.504. The van der Waals surface area contributed by atoms with Crippen LogP contribution in [0, 0.1) is 5.92 Å². The summed E-state index contributed by atoms with van der Waals surface area (Å²) in [6, 6.07) is 0. The number of aromatic nitrogens is 5. The molecule has 8 heteroatoms. The Labute approximate surface area is 139 Å². The molecule has 0 spiro atoms. The Morgan fingerprint density at radius 2 is 2.30 bits per heavy atom. The molecule has 2 aromatic rings. The second kappa shape index (κ2) is 6.80. The predicted molar refractivity (Wildman–Crippen MR) is 85.8 cm³/mol. The Kier molecular flexibility index (Phi) is 4.77. The van der Waals surface area contributed by atoms with Gasteiger partial charge >= 0.3 is 5.69 Å². The number of hydrogen-bond donors (Lipinski definition) is 0. The van der Waals surface area contributed by atoms with Gasteiger partial charge in [0.2, 0.25) is 0 Å².